The molecule has 0 saturated carbocycles. The molecule has 0 unspecified atom stereocenters. The van der Waals surface area contributed by atoms with Crippen molar-refractivity contribution in [1.82, 2.24) is 0 Å². The fraction of sp³-hybridized carbons (Fsp3) is 0.333. The average molecular weight is 280 g/mol. The molecule has 0 heterocycles. The second kappa shape index (κ2) is 3.86. The Bertz CT molecular complexity index is 213. The molecule has 0 aliphatic rings. The normalized spacial score (nSPS) is 13.0. The van der Waals surface area contributed by atoms with Crippen molar-refractivity contribution in [3.63, 3.8) is 0 Å². The van der Waals surface area contributed by atoms with Gasteiger partial charge < -0.3 is 0 Å². The van der Waals surface area contributed by atoms with Crippen LogP contribution < -0.4 is 0 Å². The van der Waals surface area contributed by atoms with E-state index in [1.807, 2.05) is 0 Å². The summed E-state index contributed by atoms with van der Waals surface area (Å²) in [5.41, 5.74) is 1.48. The summed E-state index contributed by atoms with van der Waals surface area (Å²) in [7, 11) is 0. The van der Waals surface area contributed by atoms with Gasteiger partial charge in [-0.3, -0.25) is 0 Å². The summed E-state index contributed by atoms with van der Waals surface area (Å²) in [6.45, 7) is 4.78. The van der Waals surface area contributed by atoms with Crippen LogP contribution in [0.25, 0.3) is 0 Å². The molecule has 0 fully saturated rings. The summed E-state index contributed by atoms with van der Waals surface area (Å²) in [6, 6.07) is 10.7. The standard InChI is InChI=1S/C9H14IP/c1-11(2,10)8-9-6-4-3-5-7-9/h3-7,11H,8H2,1-2H3. The van der Waals surface area contributed by atoms with Crippen molar-refractivity contribution in [3.8, 4) is 0 Å². The van der Waals surface area contributed by atoms with Gasteiger partial charge in [-0.1, -0.05) is 0 Å². The first-order valence-corrected chi connectivity index (χ1v) is 10.1. The van der Waals surface area contributed by atoms with E-state index in [0.717, 1.165) is 0 Å². The maximum absolute atomic E-state index is 2.62. The second-order valence-corrected chi connectivity index (χ2v) is 15.9. The van der Waals surface area contributed by atoms with E-state index >= 15 is 0 Å². The third-order valence-electron chi connectivity index (χ3n) is 1.47. The van der Waals surface area contributed by atoms with Gasteiger partial charge in [0.25, 0.3) is 0 Å². The Morgan fingerprint density at radius 2 is 1.73 bits per heavy atom. The first kappa shape index (κ1) is 9.47. The van der Waals surface area contributed by atoms with E-state index in [2.05, 4.69) is 65.7 Å². The van der Waals surface area contributed by atoms with Crippen molar-refractivity contribution >= 4 is 26.9 Å². The van der Waals surface area contributed by atoms with Gasteiger partial charge in [-0.2, -0.15) is 0 Å². The molecule has 11 heavy (non-hydrogen) atoms. The third kappa shape index (κ3) is 4.07. The number of halogens is 1. The molecule has 0 aliphatic carbocycles. The predicted molar refractivity (Wildman–Crippen MR) is 64.3 cm³/mol. The Morgan fingerprint density at radius 3 is 2.18 bits per heavy atom. The van der Waals surface area contributed by atoms with Crippen molar-refractivity contribution < 1.29 is 0 Å². The van der Waals surface area contributed by atoms with Gasteiger partial charge in [-0.05, 0) is 0 Å². The zero-order valence-electron chi connectivity index (χ0n) is 6.97. The number of benzene rings is 1. The van der Waals surface area contributed by atoms with Gasteiger partial charge >= 0.3 is 82.3 Å². The Balaban J connectivity index is 2.66. The summed E-state index contributed by atoms with van der Waals surface area (Å²) in [6.07, 6.45) is 1.29. The molecule has 0 N–H and O–H groups in total. The molecule has 0 radical (unpaired) electrons. The van der Waals surface area contributed by atoms with Gasteiger partial charge in [0, 0.05) is 0 Å². The van der Waals surface area contributed by atoms with Crippen LogP contribution in [0, 0.1) is 0 Å². The van der Waals surface area contributed by atoms with Gasteiger partial charge in [-0.25, -0.2) is 0 Å². The van der Waals surface area contributed by atoms with Crippen LogP contribution in [-0.4, -0.2) is 13.3 Å². The zero-order valence-corrected chi connectivity index (χ0v) is 10.1. The fourth-order valence-corrected chi connectivity index (χ4v) is 3.61. The molecule has 0 bridgehead atoms. The van der Waals surface area contributed by atoms with Crippen molar-refractivity contribution in [3.05, 3.63) is 35.9 Å². The van der Waals surface area contributed by atoms with Crippen LogP contribution in [-0.2, 0) is 6.16 Å². The Hall–Kier alpha value is 0.380. The van der Waals surface area contributed by atoms with E-state index in [0.29, 0.717) is 0 Å². The first-order valence-electron chi connectivity index (χ1n) is 3.81. The van der Waals surface area contributed by atoms with Crippen LogP contribution in [0.2, 0.25) is 0 Å². The average Bonchev–Trinajstić information content (AvgIpc) is 1.85. The first-order chi connectivity index (χ1) is 5.08. The molecule has 2 heteroatoms. The molecular formula is C9H14IP. The minimum absolute atomic E-state index is 0.928. The van der Waals surface area contributed by atoms with Crippen molar-refractivity contribution in [2.24, 2.45) is 0 Å². The van der Waals surface area contributed by atoms with Gasteiger partial charge in [0.2, 0.25) is 0 Å². The molecule has 1 aromatic rings. The molecule has 1 rings (SSSR count). The molecule has 1 aromatic carbocycles. The van der Waals surface area contributed by atoms with Crippen LogP contribution in [0.1, 0.15) is 5.56 Å². The number of rotatable bonds is 2. The summed E-state index contributed by atoms with van der Waals surface area (Å²) < 4.78 is 0. The van der Waals surface area contributed by atoms with Crippen molar-refractivity contribution in [1.29, 1.82) is 0 Å². The van der Waals surface area contributed by atoms with E-state index < -0.39 is 4.90 Å². The van der Waals surface area contributed by atoms with Gasteiger partial charge in [0.05, 0.1) is 0 Å². The maximum atomic E-state index is 2.62. The van der Waals surface area contributed by atoms with Crippen molar-refractivity contribution in [2.45, 2.75) is 6.16 Å². The van der Waals surface area contributed by atoms with Gasteiger partial charge in [-0.15, -0.1) is 0 Å². The van der Waals surface area contributed by atoms with E-state index in [1.54, 1.807) is 0 Å². The summed E-state index contributed by atoms with van der Waals surface area (Å²) in [4.78, 5) is -0.928. The SMILES string of the molecule is C[PH](C)(I)Cc1ccccc1. The predicted octanol–water partition coefficient (Wildman–Crippen LogP) is 3.55. The molecule has 62 valence electrons. The Labute approximate surface area is 82.2 Å². The van der Waals surface area contributed by atoms with Crippen molar-refractivity contribution in [2.75, 3.05) is 13.3 Å². The van der Waals surface area contributed by atoms with Crippen LogP contribution in [0.4, 0.5) is 0 Å². The Morgan fingerprint density at radius 1 is 1.18 bits per heavy atom. The zero-order chi connectivity index (χ0) is 8.32. The molecule has 0 nitrogen and oxygen atoms in total. The van der Waals surface area contributed by atoms with Crippen LogP contribution >= 0.6 is 26.9 Å². The van der Waals surface area contributed by atoms with Crippen LogP contribution in [0.3, 0.4) is 0 Å². The molecule has 0 atom stereocenters. The topological polar surface area (TPSA) is 0 Å². The van der Waals surface area contributed by atoms with E-state index in [9.17, 15) is 0 Å². The monoisotopic (exact) mass is 280 g/mol. The van der Waals surface area contributed by atoms with Crippen LogP contribution in [0.5, 0.6) is 0 Å². The molecule has 0 aliphatic heterocycles. The molecule has 0 saturated heterocycles. The van der Waals surface area contributed by atoms with E-state index in [-0.39, 0.29) is 0 Å². The molecular weight excluding hydrogens is 266 g/mol. The van der Waals surface area contributed by atoms with E-state index in [4.69, 9.17) is 0 Å². The number of hydrogen-bond acceptors (Lipinski definition) is 0. The van der Waals surface area contributed by atoms with E-state index in [1.165, 1.54) is 11.7 Å². The van der Waals surface area contributed by atoms with Gasteiger partial charge in [0.1, 0.15) is 0 Å². The quantitative estimate of drug-likeness (QED) is 0.574. The third-order valence-corrected chi connectivity index (χ3v) is 3.86. The minimum atomic E-state index is -0.928. The van der Waals surface area contributed by atoms with Crippen LogP contribution in [0.15, 0.2) is 30.3 Å². The van der Waals surface area contributed by atoms with Gasteiger partial charge in [0.15, 0.2) is 0 Å². The molecule has 0 aromatic heterocycles. The second-order valence-electron chi connectivity index (χ2n) is 3.38. The fourth-order valence-electron chi connectivity index (χ4n) is 1.08. The molecule has 0 spiro atoms. The summed E-state index contributed by atoms with van der Waals surface area (Å²) >= 11 is 2.62. The summed E-state index contributed by atoms with van der Waals surface area (Å²) in [5, 5.41) is 0. The molecule has 0 amide bonds. The number of hydrogen-bond donors (Lipinski definition) is 0. The Kier molecular flexibility index (Phi) is 3.32. The summed E-state index contributed by atoms with van der Waals surface area (Å²) in [5.74, 6) is 0.